The highest BCUT2D eigenvalue weighted by molar-refractivity contribution is 5.71. The third kappa shape index (κ3) is 3.65. The van der Waals surface area contributed by atoms with Gasteiger partial charge in [-0.25, -0.2) is 9.97 Å². The van der Waals surface area contributed by atoms with Gasteiger partial charge in [0.2, 0.25) is 0 Å². The van der Waals surface area contributed by atoms with Crippen molar-refractivity contribution < 1.29 is 9.53 Å². The highest BCUT2D eigenvalue weighted by Gasteiger charge is 2.22. The molecule has 2 heterocycles. The third-order valence-electron chi connectivity index (χ3n) is 3.42. The van der Waals surface area contributed by atoms with Gasteiger partial charge < -0.3 is 4.74 Å². The first-order valence-electron chi connectivity index (χ1n) is 7.24. The Morgan fingerprint density at radius 1 is 1.29 bits per heavy atom. The van der Waals surface area contributed by atoms with Gasteiger partial charge in [-0.3, -0.25) is 9.48 Å². The quantitative estimate of drug-likeness (QED) is 0.758. The van der Waals surface area contributed by atoms with Gasteiger partial charge in [-0.05, 0) is 25.7 Å². The molecule has 0 atom stereocenters. The van der Waals surface area contributed by atoms with Crippen LogP contribution in [0.5, 0.6) is 0 Å². The van der Waals surface area contributed by atoms with Crippen molar-refractivity contribution >= 4 is 5.97 Å². The molecule has 0 spiro atoms. The van der Waals surface area contributed by atoms with Gasteiger partial charge in [0, 0.05) is 36.3 Å². The van der Waals surface area contributed by atoms with Crippen LogP contribution in [0.3, 0.4) is 0 Å². The summed E-state index contributed by atoms with van der Waals surface area (Å²) >= 11 is 0. The van der Waals surface area contributed by atoms with Gasteiger partial charge in [-0.2, -0.15) is 5.10 Å². The molecule has 0 N–H and O–H groups in total. The van der Waals surface area contributed by atoms with Gasteiger partial charge in [0.15, 0.2) is 0 Å². The Kier molecular flexibility index (Phi) is 3.94. The van der Waals surface area contributed by atoms with Crippen LogP contribution in [0.15, 0.2) is 24.8 Å². The highest BCUT2D eigenvalue weighted by atomic mass is 16.5. The van der Waals surface area contributed by atoms with E-state index in [-0.39, 0.29) is 12.4 Å². The van der Waals surface area contributed by atoms with Crippen LogP contribution in [-0.4, -0.2) is 32.3 Å². The first kappa shape index (κ1) is 13.7. The number of carbonyl (C=O) groups excluding carboxylic acids is 1. The van der Waals surface area contributed by atoms with Gasteiger partial charge in [-0.1, -0.05) is 0 Å². The maximum absolute atomic E-state index is 11.4. The van der Waals surface area contributed by atoms with E-state index in [1.54, 1.807) is 19.3 Å². The Bertz CT molecular complexity index is 617. The van der Waals surface area contributed by atoms with Crippen LogP contribution in [0.2, 0.25) is 0 Å². The van der Waals surface area contributed by atoms with Crippen molar-refractivity contribution in [3.8, 4) is 11.1 Å². The molecule has 1 aliphatic rings. The number of hydrogen-bond acceptors (Lipinski definition) is 5. The minimum Gasteiger partial charge on any atom is -0.466 e. The summed E-state index contributed by atoms with van der Waals surface area (Å²) in [5, 5.41) is 4.35. The Labute approximate surface area is 123 Å². The fraction of sp³-hybridized carbons (Fsp3) is 0.467. The van der Waals surface area contributed by atoms with E-state index in [4.69, 9.17) is 4.74 Å². The van der Waals surface area contributed by atoms with Crippen LogP contribution in [0.1, 0.15) is 25.6 Å². The van der Waals surface area contributed by atoms with Crippen molar-refractivity contribution in [2.75, 3.05) is 6.61 Å². The second-order valence-electron chi connectivity index (χ2n) is 5.26. The number of esters is 1. The normalized spacial score (nSPS) is 14.1. The summed E-state index contributed by atoms with van der Waals surface area (Å²) in [5.41, 5.74) is 1.91. The molecule has 21 heavy (non-hydrogen) atoms. The van der Waals surface area contributed by atoms with Crippen molar-refractivity contribution in [2.24, 2.45) is 5.92 Å². The zero-order chi connectivity index (χ0) is 14.7. The SMILES string of the molecule is CCOC(=O)Cc1ncc(-c2cnn(CC3CC3)c2)cn1. The lowest BCUT2D eigenvalue weighted by Gasteiger charge is -2.01. The van der Waals surface area contributed by atoms with Crippen LogP contribution in [0.25, 0.3) is 11.1 Å². The molecule has 0 radical (unpaired) electrons. The zero-order valence-corrected chi connectivity index (χ0v) is 12.0. The molecule has 0 bridgehead atoms. The molecule has 1 saturated carbocycles. The number of hydrogen-bond donors (Lipinski definition) is 0. The standard InChI is InChI=1S/C15H18N4O2/c1-2-21-15(20)5-14-16-6-12(7-17-14)13-8-18-19(10-13)9-11-3-4-11/h6-8,10-11H,2-5,9H2,1H3. The van der Waals surface area contributed by atoms with Crippen molar-refractivity contribution in [3.63, 3.8) is 0 Å². The lowest BCUT2D eigenvalue weighted by Crippen LogP contribution is -2.10. The molecule has 0 saturated heterocycles. The van der Waals surface area contributed by atoms with Crippen LogP contribution in [0, 0.1) is 5.92 Å². The van der Waals surface area contributed by atoms with E-state index in [9.17, 15) is 4.79 Å². The molecule has 110 valence electrons. The molecule has 1 fully saturated rings. The lowest BCUT2D eigenvalue weighted by molar-refractivity contribution is -0.142. The fourth-order valence-corrected chi connectivity index (χ4v) is 2.11. The molecule has 0 aliphatic heterocycles. The monoisotopic (exact) mass is 286 g/mol. The second-order valence-corrected chi connectivity index (χ2v) is 5.26. The summed E-state index contributed by atoms with van der Waals surface area (Å²) in [4.78, 5) is 19.8. The molecule has 0 aromatic carbocycles. The minimum atomic E-state index is -0.303. The largest absolute Gasteiger partial charge is 0.466 e. The van der Waals surface area contributed by atoms with Gasteiger partial charge in [0.1, 0.15) is 12.2 Å². The number of aromatic nitrogens is 4. The summed E-state index contributed by atoms with van der Waals surface area (Å²) in [6.45, 7) is 3.14. The van der Waals surface area contributed by atoms with E-state index < -0.39 is 0 Å². The van der Waals surface area contributed by atoms with E-state index in [0.29, 0.717) is 12.4 Å². The topological polar surface area (TPSA) is 69.9 Å². The number of nitrogens with zero attached hydrogens (tertiary/aromatic N) is 4. The highest BCUT2D eigenvalue weighted by Crippen LogP contribution is 2.30. The zero-order valence-electron chi connectivity index (χ0n) is 12.0. The fourth-order valence-electron chi connectivity index (χ4n) is 2.11. The molecule has 3 rings (SSSR count). The third-order valence-corrected chi connectivity index (χ3v) is 3.42. The molecule has 2 aromatic rings. The van der Waals surface area contributed by atoms with Crippen molar-refractivity contribution in [3.05, 3.63) is 30.6 Å². The Balaban J connectivity index is 1.65. The number of ether oxygens (including phenoxy) is 1. The van der Waals surface area contributed by atoms with Crippen molar-refractivity contribution in [2.45, 2.75) is 32.7 Å². The van der Waals surface area contributed by atoms with Gasteiger partial charge in [-0.15, -0.1) is 0 Å². The smallest absolute Gasteiger partial charge is 0.313 e. The summed E-state index contributed by atoms with van der Waals surface area (Å²) in [5.74, 6) is 0.964. The van der Waals surface area contributed by atoms with E-state index in [0.717, 1.165) is 23.6 Å². The van der Waals surface area contributed by atoms with Gasteiger partial charge >= 0.3 is 5.97 Å². The molecule has 0 amide bonds. The second kappa shape index (κ2) is 6.03. The van der Waals surface area contributed by atoms with E-state index in [2.05, 4.69) is 15.1 Å². The predicted octanol–water partition coefficient (Wildman–Crippen LogP) is 1.86. The minimum absolute atomic E-state index is 0.106. The van der Waals surface area contributed by atoms with Crippen LogP contribution in [-0.2, 0) is 22.5 Å². The van der Waals surface area contributed by atoms with E-state index in [1.807, 2.05) is 17.1 Å². The van der Waals surface area contributed by atoms with Crippen molar-refractivity contribution in [1.82, 2.24) is 19.7 Å². The average Bonchev–Trinajstić information content (AvgIpc) is 3.16. The molecule has 6 nitrogen and oxygen atoms in total. The van der Waals surface area contributed by atoms with Crippen LogP contribution < -0.4 is 0 Å². The summed E-state index contributed by atoms with van der Waals surface area (Å²) in [6.07, 6.45) is 10.0. The number of carbonyl (C=O) groups is 1. The van der Waals surface area contributed by atoms with E-state index in [1.165, 1.54) is 12.8 Å². The summed E-state index contributed by atoms with van der Waals surface area (Å²) in [6, 6.07) is 0. The maximum Gasteiger partial charge on any atom is 0.313 e. The summed E-state index contributed by atoms with van der Waals surface area (Å²) in [7, 11) is 0. The molecule has 0 unspecified atom stereocenters. The predicted molar refractivity (Wildman–Crippen MR) is 76.3 cm³/mol. The molecular weight excluding hydrogens is 268 g/mol. The van der Waals surface area contributed by atoms with Gasteiger partial charge in [0.25, 0.3) is 0 Å². The van der Waals surface area contributed by atoms with E-state index >= 15 is 0 Å². The first-order chi connectivity index (χ1) is 10.2. The van der Waals surface area contributed by atoms with Gasteiger partial charge in [0.05, 0.1) is 12.8 Å². The molecule has 6 heteroatoms. The molecule has 2 aromatic heterocycles. The lowest BCUT2D eigenvalue weighted by atomic mass is 10.2. The van der Waals surface area contributed by atoms with Crippen LogP contribution in [0.4, 0.5) is 0 Å². The molecular formula is C15H18N4O2. The number of rotatable bonds is 6. The molecule has 1 aliphatic carbocycles. The maximum atomic E-state index is 11.4. The van der Waals surface area contributed by atoms with Crippen molar-refractivity contribution in [1.29, 1.82) is 0 Å². The summed E-state index contributed by atoms with van der Waals surface area (Å²) < 4.78 is 6.85. The Morgan fingerprint density at radius 2 is 2.05 bits per heavy atom. The Hall–Kier alpha value is -2.24. The average molecular weight is 286 g/mol. The van der Waals surface area contributed by atoms with Crippen LogP contribution >= 0.6 is 0 Å². The Morgan fingerprint density at radius 3 is 2.71 bits per heavy atom. The first-order valence-corrected chi connectivity index (χ1v) is 7.24.